The molecule has 6 aromatic heterocycles. The van der Waals surface area contributed by atoms with Gasteiger partial charge in [0.2, 0.25) is 11.2 Å². The third kappa shape index (κ3) is 13.8. The molecule has 0 saturated carbocycles. The first-order chi connectivity index (χ1) is 31.7. The molecule has 0 aliphatic carbocycles. The van der Waals surface area contributed by atoms with E-state index in [1.54, 1.807) is 52.7 Å². The molecule has 0 spiro atoms. The second-order valence-electron chi connectivity index (χ2n) is 18.3. The summed E-state index contributed by atoms with van der Waals surface area (Å²) in [6.07, 6.45) is 19.6. The third-order valence-electron chi connectivity index (χ3n) is 10.7. The molecule has 0 aliphatic heterocycles. The maximum absolute atomic E-state index is 12.7. The van der Waals surface area contributed by atoms with Gasteiger partial charge in [-0.1, -0.05) is 24.3 Å². The van der Waals surface area contributed by atoms with E-state index < -0.39 is 0 Å². The fraction of sp³-hybridized carbons (Fsp3) is 0.320. The van der Waals surface area contributed by atoms with Crippen LogP contribution >= 0.6 is 11.6 Å². The van der Waals surface area contributed by atoms with Gasteiger partial charge in [-0.05, 0) is 126 Å². The third-order valence-corrected chi connectivity index (χ3v) is 10.9. The van der Waals surface area contributed by atoms with E-state index in [0.29, 0.717) is 48.4 Å². The monoisotopic (exact) mass is 922 g/mol. The number of hydrogen-bond donors (Lipinski definition) is 2. The lowest BCUT2D eigenvalue weighted by Crippen LogP contribution is -2.22. The van der Waals surface area contributed by atoms with Gasteiger partial charge in [0.25, 0.3) is 0 Å². The second kappa shape index (κ2) is 21.3. The van der Waals surface area contributed by atoms with Gasteiger partial charge in [0.05, 0.1) is 69.8 Å². The van der Waals surface area contributed by atoms with Crippen LogP contribution in [-0.4, -0.2) is 70.6 Å². The van der Waals surface area contributed by atoms with Crippen molar-refractivity contribution in [3.8, 4) is 22.5 Å². The molecular weight excluding hydrogens is 864 g/mol. The van der Waals surface area contributed by atoms with Crippen molar-refractivity contribution in [3.63, 3.8) is 0 Å². The molecule has 0 fully saturated rings. The maximum atomic E-state index is 12.7. The van der Waals surface area contributed by atoms with E-state index in [1.807, 2.05) is 79.3 Å². The van der Waals surface area contributed by atoms with Gasteiger partial charge >= 0.3 is 0 Å². The summed E-state index contributed by atoms with van der Waals surface area (Å²) in [5.74, 6) is 0.732. The molecule has 348 valence electrons. The van der Waals surface area contributed by atoms with Crippen LogP contribution in [-0.2, 0) is 38.0 Å². The highest BCUT2D eigenvalue weighted by atomic mass is 35.5. The first-order valence-corrected chi connectivity index (χ1v) is 22.3. The van der Waals surface area contributed by atoms with Crippen LogP contribution in [0.25, 0.3) is 22.5 Å². The first-order valence-electron chi connectivity index (χ1n) is 21.9. The number of nitrogens with zero attached hydrogens (tertiary/aromatic N) is 12. The number of nitrogen functional groups attached to an aromatic ring is 1. The molecule has 0 unspecified atom stereocenters. The summed E-state index contributed by atoms with van der Waals surface area (Å²) < 4.78 is 7.04. The molecule has 8 rings (SSSR count). The van der Waals surface area contributed by atoms with E-state index in [4.69, 9.17) is 17.3 Å². The predicted octanol–water partition coefficient (Wildman–Crippen LogP) is 9.57. The molecule has 0 bridgehead atoms. The standard InChI is InChI=1S/C25H29N7O.C21H23ClN4O.C4H7N3/c1-17-12-19(22-10-11-26-24(30-22)29-21-14-27-31(5)16-21)7-6-18(17)8-9-23(33)20-13-28-32(15-20)25(2,3)4;1-14-11-16(18-9-10-23-20(22)25-18)6-5-15(14)7-8-19(27)17-12-24-26(13-17)21(2,3)4;1-7-3-4(5)2-6-7/h6-7,10-16H,8-9H2,1-5H3,(H,26,29,30);5-6,9-13H,7-8H2,1-4H3;2-3H,5H2,1H3. The van der Waals surface area contributed by atoms with Gasteiger partial charge < -0.3 is 11.1 Å². The number of carbonyl (C=O) groups excluding carboxylic acids is 2. The zero-order valence-corrected chi connectivity index (χ0v) is 40.6. The molecular formula is C50H59ClN14O2. The molecule has 0 aliphatic rings. The van der Waals surface area contributed by atoms with E-state index in [-0.39, 0.29) is 27.9 Å². The fourth-order valence-electron chi connectivity index (χ4n) is 6.85. The SMILES string of the molecule is Cc1cc(-c2ccnc(Cl)n2)ccc1CCC(=O)c1cnn(C(C)(C)C)c1.Cc1cc(-c2ccnc(Nc3cnn(C)c3)n2)ccc1CCC(=O)c1cnn(C(C)(C)C)c1.Cn1cc(N)cn1. The van der Waals surface area contributed by atoms with Crippen molar-refractivity contribution in [2.45, 2.75) is 92.2 Å². The Kier molecular flexibility index (Phi) is 15.6. The number of anilines is 3. The van der Waals surface area contributed by atoms with Gasteiger partial charge in [0, 0.05) is 75.2 Å². The van der Waals surface area contributed by atoms with Crippen LogP contribution in [0.2, 0.25) is 5.28 Å². The Morgan fingerprint density at radius 2 is 1.12 bits per heavy atom. The molecule has 0 saturated heterocycles. The highest BCUT2D eigenvalue weighted by Crippen LogP contribution is 2.25. The number of halogens is 1. The number of Topliss-reactive ketones (excluding diaryl/α,β-unsaturated/α-hetero) is 2. The molecule has 0 amide bonds. The summed E-state index contributed by atoms with van der Waals surface area (Å²) in [6.45, 7) is 16.5. The molecule has 8 aromatic rings. The van der Waals surface area contributed by atoms with Crippen molar-refractivity contribution in [1.82, 2.24) is 59.1 Å². The topological polar surface area (TPSA) is 195 Å². The summed E-state index contributed by atoms with van der Waals surface area (Å²) in [5.41, 5.74) is 16.1. The van der Waals surface area contributed by atoms with Crippen LogP contribution < -0.4 is 11.1 Å². The number of nitrogens with two attached hydrogens (primary N) is 1. The zero-order chi connectivity index (χ0) is 48.5. The highest BCUT2D eigenvalue weighted by molar-refractivity contribution is 6.28. The molecule has 0 atom stereocenters. The largest absolute Gasteiger partial charge is 0.396 e. The summed E-state index contributed by atoms with van der Waals surface area (Å²) in [5, 5.41) is 20.0. The molecule has 6 heterocycles. The minimum absolute atomic E-state index is 0.107. The number of nitrogens with one attached hydrogen (secondary N) is 1. The number of benzene rings is 2. The van der Waals surface area contributed by atoms with Crippen LogP contribution in [0, 0.1) is 13.8 Å². The van der Waals surface area contributed by atoms with E-state index in [2.05, 4.69) is 112 Å². The van der Waals surface area contributed by atoms with Gasteiger partial charge in [-0.25, -0.2) is 19.9 Å². The number of ketones is 2. The van der Waals surface area contributed by atoms with Crippen LogP contribution in [0.15, 0.2) is 110 Å². The molecule has 67 heavy (non-hydrogen) atoms. The Hall–Kier alpha value is -7.33. The highest BCUT2D eigenvalue weighted by Gasteiger charge is 2.19. The maximum Gasteiger partial charge on any atom is 0.227 e. The first kappa shape index (κ1) is 49.1. The van der Waals surface area contributed by atoms with Crippen LogP contribution in [0.5, 0.6) is 0 Å². The predicted molar refractivity (Wildman–Crippen MR) is 263 cm³/mol. The number of aromatic nitrogens is 12. The van der Waals surface area contributed by atoms with Crippen molar-refractivity contribution >= 4 is 40.5 Å². The van der Waals surface area contributed by atoms with Crippen molar-refractivity contribution in [2.75, 3.05) is 11.1 Å². The summed E-state index contributed by atoms with van der Waals surface area (Å²) in [7, 11) is 3.69. The minimum Gasteiger partial charge on any atom is -0.396 e. The lowest BCUT2D eigenvalue weighted by molar-refractivity contribution is 0.0974. The quantitative estimate of drug-likeness (QED) is 0.0872. The number of hydrogen-bond acceptors (Lipinski definition) is 12. The van der Waals surface area contributed by atoms with Crippen molar-refractivity contribution in [1.29, 1.82) is 0 Å². The number of aryl methyl sites for hydroxylation is 6. The molecule has 2 aromatic carbocycles. The summed E-state index contributed by atoms with van der Waals surface area (Å²) in [6, 6.07) is 16.1. The van der Waals surface area contributed by atoms with Gasteiger partial charge in [0.1, 0.15) is 0 Å². The zero-order valence-electron chi connectivity index (χ0n) is 39.9. The lowest BCUT2D eigenvalue weighted by atomic mass is 9.98. The molecule has 16 nitrogen and oxygen atoms in total. The summed E-state index contributed by atoms with van der Waals surface area (Å²) in [4.78, 5) is 42.3. The van der Waals surface area contributed by atoms with E-state index in [0.717, 1.165) is 50.5 Å². The van der Waals surface area contributed by atoms with Gasteiger partial charge in [-0.15, -0.1) is 0 Å². The molecule has 0 radical (unpaired) electrons. The average Bonchev–Trinajstić information content (AvgIpc) is 4.12. The lowest BCUT2D eigenvalue weighted by Gasteiger charge is -2.18. The second-order valence-corrected chi connectivity index (χ2v) is 18.6. The van der Waals surface area contributed by atoms with E-state index in [9.17, 15) is 9.59 Å². The Bertz CT molecular complexity index is 2930. The Balaban J connectivity index is 0.000000195. The smallest absolute Gasteiger partial charge is 0.227 e. The van der Waals surface area contributed by atoms with Crippen LogP contribution in [0.3, 0.4) is 0 Å². The minimum atomic E-state index is -0.140. The molecule has 17 heteroatoms. The summed E-state index contributed by atoms with van der Waals surface area (Å²) >= 11 is 5.87. The van der Waals surface area contributed by atoms with Crippen LogP contribution in [0.4, 0.5) is 17.3 Å². The Morgan fingerprint density at radius 1 is 0.627 bits per heavy atom. The normalized spacial score (nSPS) is 11.3. The fourth-order valence-corrected chi connectivity index (χ4v) is 7.00. The van der Waals surface area contributed by atoms with Gasteiger partial charge in [-0.3, -0.25) is 28.3 Å². The van der Waals surface area contributed by atoms with E-state index in [1.165, 1.54) is 0 Å². The van der Waals surface area contributed by atoms with Crippen molar-refractivity contribution < 1.29 is 9.59 Å². The Morgan fingerprint density at radius 3 is 1.52 bits per heavy atom. The van der Waals surface area contributed by atoms with E-state index >= 15 is 0 Å². The van der Waals surface area contributed by atoms with Gasteiger partial charge in [0.15, 0.2) is 11.6 Å². The van der Waals surface area contributed by atoms with Crippen molar-refractivity contribution in [3.05, 3.63) is 149 Å². The molecule has 3 N–H and O–H groups in total. The van der Waals surface area contributed by atoms with Crippen LogP contribution in [0.1, 0.15) is 97.4 Å². The van der Waals surface area contributed by atoms with Gasteiger partial charge in [-0.2, -0.15) is 20.4 Å². The number of carbonyl (C=O) groups is 2. The average molecular weight is 924 g/mol. The number of rotatable bonds is 12. The van der Waals surface area contributed by atoms with Crippen molar-refractivity contribution in [2.24, 2.45) is 14.1 Å². The Labute approximate surface area is 396 Å².